The lowest BCUT2D eigenvalue weighted by molar-refractivity contribution is -0.123. The summed E-state index contributed by atoms with van der Waals surface area (Å²) in [6, 6.07) is 9.35. The molecule has 6 heteroatoms. The van der Waals surface area contributed by atoms with Crippen molar-refractivity contribution in [1.29, 1.82) is 0 Å². The molecule has 1 aliphatic carbocycles. The van der Waals surface area contributed by atoms with Crippen LogP contribution in [0.4, 0.5) is 4.39 Å². The molecular formula is C17H17FN2O3. The zero-order valence-corrected chi connectivity index (χ0v) is 12.7. The molecule has 1 heterocycles. The van der Waals surface area contributed by atoms with E-state index in [1.165, 1.54) is 24.4 Å². The van der Waals surface area contributed by atoms with E-state index >= 15 is 0 Å². The number of nitrogens with one attached hydrogen (secondary N) is 1. The quantitative estimate of drug-likeness (QED) is 0.658. The van der Waals surface area contributed by atoms with E-state index in [1.54, 1.807) is 6.07 Å². The Labute approximate surface area is 133 Å². The summed E-state index contributed by atoms with van der Waals surface area (Å²) in [6.07, 6.45) is 2.59. The number of hydrazone groups is 1. The lowest BCUT2D eigenvalue weighted by Gasteiger charge is -2.04. The van der Waals surface area contributed by atoms with E-state index in [-0.39, 0.29) is 6.61 Å². The van der Waals surface area contributed by atoms with Gasteiger partial charge in [-0.15, -0.1) is 0 Å². The number of hydrogen-bond acceptors (Lipinski definition) is 4. The van der Waals surface area contributed by atoms with Crippen molar-refractivity contribution in [2.75, 3.05) is 6.61 Å². The van der Waals surface area contributed by atoms with Gasteiger partial charge in [0.2, 0.25) is 0 Å². The summed E-state index contributed by atoms with van der Waals surface area (Å²) in [5.41, 5.74) is 2.33. The molecule has 1 N–H and O–H groups in total. The van der Waals surface area contributed by atoms with Gasteiger partial charge in [-0.25, -0.2) is 9.82 Å². The molecule has 3 rings (SSSR count). The van der Waals surface area contributed by atoms with Crippen LogP contribution in [-0.2, 0) is 4.79 Å². The number of halogens is 1. The van der Waals surface area contributed by atoms with Crippen LogP contribution >= 0.6 is 0 Å². The standard InChI is InChI=1S/C17H17FN2O3/c1-11-7-15(11)16-6-5-14(23-16)9-19-20-17(21)10-22-13-4-2-3-12(18)8-13/h2-6,8-9,11,15H,7,10H2,1H3,(H,20,21)/b19-9-/t11-,15+/m1/s1. The predicted octanol–water partition coefficient (Wildman–Crippen LogP) is 3.07. The smallest absolute Gasteiger partial charge is 0.277 e. The van der Waals surface area contributed by atoms with E-state index in [0.717, 1.165) is 12.2 Å². The van der Waals surface area contributed by atoms with Gasteiger partial charge in [0.05, 0.1) is 6.21 Å². The maximum Gasteiger partial charge on any atom is 0.277 e. The molecule has 1 fully saturated rings. The lowest BCUT2D eigenvalue weighted by atomic mass is 10.3. The highest BCUT2D eigenvalue weighted by atomic mass is 19.1. The van der Waals surface area contributed by atoms with Crippen LogP contribution in [0.2, 0.25) is 0 Å². The van der Waals surface area contributed by atoms with Crippen molar-refractivity contribution in [2.45, 2.75) is 19.3 Å². The van der Waals surface area contributed by atoms with Crippen molar-refractivity contribution in [3.8, 4) is 5.75 Å². The summed E-state index contributed by atoms with van der Waals surface area (Å²) in [5.74, 6) is 2.16. The first-order valence-electron chi connectivity index (χ1n) is 7.42. The minimum absolute atomic E-state index is 0.246. The van der Waals surface area contributed by atoms with E-state index in [9.17, 15) is 9.18 Å². The number of carbonyl (C=O) groups is 1. The third kappa shape index (κ3) is 4.18. The molecule has 0 spiro atoms. The molecule has 2 aromatic rings. The van der Waals surface area contributed by atoms with Crippen LogP contribution in [0.15, 0.2) is 45.9 Å². The average Bonchev–Trinajstić information content (AvgIpc) is 3.07. The molecule has 0 saturated heterocycles. The third-order valence-electron chi connectivity index (χ3n) is 3.67. The molecule has 5 nitrogen and oxygen atoms in total. The van der Waals surface area contributed by atoms with Crippen LogP contribution < -0.4 is 10.2 Å². The topological polar surface area (TPSA) is 63.8 Å². The van der Waals surface area contributed by atoms with E-state index < -0.39 is 11.7 Å². The van der Waals surface area contributed by atoms with Crippen molar-refractivity contribution in [1.82, 2.24) is 5.43 Å². The summed E-state index contributed by atoms with van der Waals surface area (Å²) in [5, 5.41) is 3.81. The summed E-state index contributed by atoms with van der Waals surface area (Å²) < 4.78 is 23.7. The van der Waals surface area contributed by atoms with Gasteiger partial charge in [-0.2, -0.15) is 5.10 Å². The second kappa shape index (κ2) is 6.64. The molecule has 0 unspecified atom stereocenters. The highest BCUT2D eigenvalue weighted by Gasteiger charge is 2.36. The largest absolute Gasteiger partial charge is 0.484 e. The molecule has 23 heavy (non-hydrogen) atoms. The van der Waals surface area contributed by atoms with Gasteiger partial charge < -0.3 is 9.15 Å². The van der Waals surface area contributed by atoms with Crippen LogP contribution in [0.25, 0.3) is 0 Å². The Bertz CT molecular complexity index is 726. The van der Waals surface area contributed by atoms with Crippen LogP contribution in [0.5, 0.6) is 5.75 Å². The summed E-state index contributed by atoms with van der Waals surface area (Å²) in [4.78, 5) is 11.6. The molecule has 1 aliphatic rings. The molecule has 2 atom stereocenters. The van der Waals surface area contributed by atoms with Gasteiger partial charge in [0.25, 0.3) is 5.91 Å². The molecule has 1 saturated carbocycles. The summed E-state index contributed by atoms with van der Waals surface area (Å²) in [6.45, 7) is 1.93. The third-order valence-corrected chi connectivity index (χ3v) is 3.67. The van der Waals surface area contributed by atoms with Gasteiger partial charge >= 0.3 is 0 Å². The van der Waals surface area contributed by atoms with E-state index in [4.69, 9.17) is 9.15 Å². The normalized spacial score (nSPS) is 19.7. The number of hydrogen-bond donors (Lipinski definition) is 1. The first-order valence-corrected chi connectivity index (χ1v) is 7.42. The molecule has 0 radical (unpaired) electrons. The van der Waals surface area contributed by atoms with Crippen molar-refractivity contribution in [2.24, 2.45) is 11.0 Å². The number of furan rings is 1. The molecule has 0 aliphatic heterocycles. The second-order valence-electron chi connectivity index (χ2n) is 5.60. The SMILES string of the molecule is C[C@@H]1C[C@@H]1c1ccc(/C=N\NC(=O)COc2cccc(F)c2)o1. The predicted molar refractivity (Wildman–Crippen MR) is 82.9 cm³/mol. The lowest BCUT2D eigenvalue weighted by Crippen LogP contribution is -2.24. The minimum atomic E-state index is -0.437. The molecule has 120 valence electrons. The zero-order valence-electron chi connectivity index (χ0n) is 12.7. The first kappa shape index (κ1) is 15.3. The Balaban J connectivity index is 1.44. The van der Waals surface area contributed by atoms with Gasteiger partial charge in [0.1, 0.15) is 23.1 Å². The van der Waals surface area contributed by atoms with Gasteiger partial charge in [0, 0.05) is 12.0 Å². The Kier molecular flexibility index (Phi) is 4.41. The molecule has 1 amide bonds. The maximum atomic E-state index is 13.0. The highest BCUT2D eigenvalue weighted by molar-refractivity contribution is 5.81. The van der Waals surface area contributed by atoms with Gasteiger partial charge in [-0.1, -0.05) is 13.0 Å². The van der Waals surface area contributed by atoms with Crippen LogP contribution in [0.3, 0.4) is 0 Å². The van der Waals surface area contributed by atoms with E-state index in [1.807, 2.05) is 12.1 Å². The first-order chi connectivity index (χ1) is 11.1. The maximum absolute atomic E-state index is 13.0. The number of benzene rings is 1. The fraction of sp³-hybridized carbons (Fsp3) is 0.294. The number of rotatable bonds is 6. The van der Waals surface area contributed by atoms with E-state index in [2.05, 4.69) is 17.5 Å². The number of carbonyl (C=O) groups excluding carboxylic acids is 1. The van der Waals surface area contributed by atoms with Gasteiger partial charge in [-0.3, -0.25) is 4.79 Å². The minimum Gasteiger partial charge on any atom is -0.484 e. The van der Waals surface area contributed by atoms with Crippen LogP contribution in [0.1, 0.15) is 30.8 Å². The Morgan fingerprint density at radius 1 is 1.48 bits per heavy atom. The zero-order chi connectivity index (χ0) is 16.2. The number of amides is 1. The Morgan fingerprint density at radius 3 is 3.04 bits per heavy atom. The monoisotopic (exact) mass is 316 g/mol. The van der Waals surface area contributed by atoms with Crippen LogP contribution in [0, 0.1) is 11.7 Å². The Morgan fingerprint density at radius 2 is 2.30 bits per heavy atom. The van der Waals surface area contributed by atoms with E-state index in [0.29, 0.717) is 23.3 Å². The highest BCUT2D eigenvalue weighted by Crippen LogP contribution is 2.47. The average molecular weight is 316 g/mol. The van der Waals surface area contributed by atoms with Gasteiger partial charge in [-0.05, 0) is 36.6 Å². The van der Waals surface area contributed by atoms with Crippen molar-refractivity contribution >= 4 is 12.1 Å². The van der Waals surface area contributed by atoms with Crippen molar-refractivity contribution in [3.05, 3.63) is 53.7 Å². The van der Waals surface area contributed by atoms with Crippen molar-refractivity contribution < 1.29 is 18.3 Å². The fourth-order valence-corrected chi connectivity index (χ4v) is 2.26. The second-order valence-corrected chi connectivity index (χ2v) is 5.60. The molecular weight excluding hydrogens is 299 g/mol. The fourth-order valence-electron chi connectivity index (χ4n) is 2.26. The van der Waals surface area contributed by atoms with Gasteiger partial charge in [0.15, 0.2) is 6.61 Å². The Hall–Kier alpha value is -2.63. The summed E-state index contributed by atoms with van der Waals surface area (Å²) in [7, 11) is 0. The molecule has 1 aromatic heterocycles. The molecule has 0 bridgehead atoms. The van der Waals surface area contributed by atoms with Crippen LogP contribution in [-0.4, -0.2) is 18.7 Å². The number of nitrogens with zero attached hydrogens (tertiary/aromatic N) is 1. The summed E-state index contributed by atoms with van der Waals surface area (Å²) >= 11 is 0. The number of ether oxygens (including phenoxy) is 1. The molecule has 1 aromatic carbocycles. The van der Waals surface area contributed by atoms with Crippen molar-refractivity contribution in [3.63, 3.8) is 0 Å².